The zero-order valence-corrected chi connectivity index (χ0v) is 10.5. The van der Waals surface area contributed by atoms with E-state index in [1.54, 1.807) is 17.2 Å². The number of carbonyl (C=O) groups is 1. The average Bonchev–Trinajstić information content (AvgIpc) is 2.86. The van der Waals surface area contributed by atoms with Crippen LogP contribution in [0.3, 0.4) is 0 Å². The first kappa shape index (κ1) is 11.9. The Balaban J connectivity index is 1.83. The summed E-state index contributed by atoms with van der Waals surface area (Å²) >= 11 is 0. The number of benzene rings is 1. The van der Waals surface area contributed by atoms with Gasteiger partial charge >= 0.3 is 6.09 Å². The monoisotopic (exact) mass is 257 g/mol. The summed E-state index contributed by atoms with van der Waals surface area (Å²) < 4.78 is 5.43. The molecular formula is C14H15N3O2. The van der Waals surface area contributed by atoms with Crippen LogP contribution in [0.15, 0.2) is 36.5 Å². The highest BCUT2D eigenvalue weighted by molar-refractivity contribution is 5.86. The van der Waals surface area contributed by atoms with E-state index in [1.165, 1.54) is 0 Å². The number of fused-ring (bicyclic) bond motifs is 1. The first-order chi connectivity index (χ1) is 9.24. The van der Waals surface area contributed by atoms with Crippen LogP contribution in [0.1, 0.15) is 6.42 Å². The van der Waals surface area contributed by atoms with Gasteiger partial charge in [-0.2, -0.15) is 0 Å². The van der Waals surface area contributed by atoms with Crippen molar-refractivity contribution in [1.29, 1.82) is 0 Å². The SMILES string of the molecule is NC1CCN(C(=O)Oc2cccc3cccnc23)C1. The van der Waals surface area contributed by atoms with Crippen LogP contribution in [-0.2, 0) is 0 Å². The molecule has 2 aromatic rings. The molecule has 1 aromatic carbocycles. The van der Waals surface area contributed by atoms with Crippen LogP contribution in [0.4, 0.5) is 4.79 Å². The van der Waals surface area contributed by atoms with Gasteiger partial charge in [-0.25, -0.2) is 4.79 Å². The van der Waals surface area contributed by atoms with Gasteiger partial charge in [0.15, 0.2) is 5.75 Å². The van der Waals surface area contributed by atoms with E-state index in [0.717, 1.165) is 11.8 Å². The molecule has 0 radical (unpaired) electrons. The van der Waals surface area contributed by atoms with Crippen molar-refractivity contribution >= 4 is 17.0 Å². The van der Waals surface area contributed by atoms with Crippen LogP contribution >= 0.6 is 0 Å². The number of aromatic nitrogens is 1. The van der Waals surface area contributed by atoms with Gasteiger partial charge in [0, 0.05) is 30.7 Å². The summed E-state index contributed by atoms with van der Waals surface area (Å²) in [6.45, 7) is 1.20. The molecule has 1 unspecified atom stereocenters. The van der Waals surface area contributed by atoms with Crippen molar-refractivity contribution in [2.75, 3.05) is 13.1 Å². The number of hydrogen-bond donors (Lipinski definition) is 1. The fourth-order valence-corrected chi connectivity index (χ4v) is 2.27. The van der Waals surface area contributed by atoms with E-state index < -0.39 is 0 Å². The van der Waals surface area contributed by atoms with E-state index in [-0.39, 0.29) is 12.1 Å². The van der Waals surface area contributed by atoms with Gasteiger partial charge in [0.25, 0.3) is 0 Å². The number of likely N-dealkylation sites (tertiary alicyclic amines) is 1. The Bertz CT molecular complexity index is 609. The number of para-hydroxylation sites is 1. The molecule has 98 valence electrons. The first-order valence-electron chi connectivity index (χ1n) is 6.30. The van der Waals surface area contributed by atoms with Gasteiger partial charge in [-0.3, -0.25) is 4.98 Å². The Labute approximate surface area is 111 Å². The van der Waals surface area contributed by atoms with Gasteiger partial charge < -0.3 is 15.4 Å². The van der Waals surface area contributed by atoms with Crippen LogP contribution in [0, 0.1) is 0 Å². The number of carbonyl (C=O) groups excluding carboxylic acids is 1. The predicted octanol–water partition coefficient (Wildman–Crippen LogP) is 1.77. The average molecular weight is 257 g/mol. The summed E-state index contributed by atoms with van der Waals surface area (Å²) in [6, 6.07) is 9.38. The van der Waals surface area contributed by atoms with Crippen molar-refractivity contribution < 1.29 is 9.53 Å². The maximum atomic E-state index is 12.0. The fraction of sp³-hybridized carbons (Fsp3) is 0.286. The van der Waals surface area contributed by atoms with Crippen molar-refractivity contribution in [1.82, 2.24) is 9.88 Å². The van der Waals surface area contributed by atoms with E-state index >= 15 is 0 Å². The van der Waals surface area contributed by atoms with Crippen molar-refractivity contribution in [3.05, 3.63) is 36.5 Å². The molecule has 5 heteroatoms. The Morgan fingerprint density at radius 2 is 2.21 bits per heavy atom. The van der Waals surface area contributed by atoms with Gasteiger partial charge in [-0.05, 0) is 18.6 Å². The standard InChI is InChI=1S/C14H15N3O2/c15-11-6-8-17(9-11)14(18)19-12-5-1-3-10-4-2-7-16-13(10)12/h1-5,7,11H,6,8-9,15H2. The van der Waals surface area contributed by atoms with E-state index in [1.807, 2.05) is 24.3 Å². The van der Waals surface area contributed by atoms with Crippen molar-refractivity contribution in [2.24, 2.45) is 5.73 Å². The van der Waals surface area contributed by atoms with Crippen LogP contribution < -0.4 is 10.5 Å². The highest BCUT2D eigenvalue weighted by Crippen LogP contribution is 2.24. The molecule has 19 heavy (non-hydrogen) atoms. The van der Waals surface area contributed by atoms with E-state index in [9.17, 15) is 4.79 Å². The third kappa shape index (κ3) is 2.37. The minimum absolute atomic E-state index is 0.0539. The molecule has 2 heterocycles. The number of amides is 1. The molecule has 3 rings (SSSR count). The Morgan fingerprint density at radius 1 is 1.37 bits per heavy atom. The van der Waals surface area contributed by atoms with E-state index in [2.05, 4.69) is 4.98 Å². The Hall–Kier alpha value is -2.14. The summed E-state index contributed by atoms with van der Waals surface area (Å²) in [6.07, 6.45) is 2.15. The highest BCUT2D eigenvalue weighted by atomic mass is 16.6. The van der Waals surface area contributed by atoms with Crippen molar-refractivity contribution in [2.45, 2.75) is 12.5 Å². The molecule has 1 atom stereocenters. The van der Waals surface area contributed by atoms with Crippen LogP contribution in [0.25, 0.3) is 10.9 Å². The number of rotatable bonds is 1. The third-order valence-corrected chi connectivity index (χ3v) is 3.28. The lowest BCUT2D eigenvalue weighted by Gasteiger charge is -2.15. The molecule has 0 spiro atoms. The minimum Gasteiger partial charge on any atom is -0.408 e. The summed E-state index contributed by atoms with van der Waals surface area (Å²) in [5.41, 5.74) is 6.48. The molecule has 2 N–H and O–H groups in total. The maximum Gasteiger partial charge on any atom is 0.415 e. The van der Waals surface area contributed by atoms with E-state index in [4.69, 9.17) is 10.5 Å². The molecule has 5 nitrogen and oxygen atoms in total. The van der Waals surface area contributed by atoms with Gasteiger partial charge in [0.2, 0.25) is 0 Å². The lowest BCUT2D eigenvalue weighted by molar-refractivity contribution is 0.162. The fourth-order valence-electron chi connectivity index (χ4n) is 2.27. The van der Waals surface area contributed by atoms with Gasteiger partial charge in [-0.15, -0.1) is 0 Å². The molecule has 1 amide bonds. The molecular weight excluding hydrogens is 242 g/mol. The third-order valence-electron chi connectivity index (χ3n) is 3.28. The zero-order valence-electron chi connectivity index (χ0n) is 10.5. The summed E-state index contributed by atoms with van der Waals surface area (Å²) in [7, 11) is 0. The molecule has 1 aliphatic rings. The van der Waals surface area contributed by atoms with Gasteiger partial charge in [-0.1, -0.05) is 18.2 Å². The number of pyridine rings is 1. The zero-order chi connectivity index (χ0) is 13.2. The number of hydrogen-bond acceptors (Lipinski definition) is 4. The quantitative estimate of drug-likeness (QED) is 0.845. The predicted molar refractivity (Wildman–Crippen MR) is 71.9 cm³/mol. The Kier molecular flexibility index (Phi) is 3.05. The van der Waals surface area contributed by atoms with Crippen molar-refractivity contribution in [3.8, 4) is 5.75 Å². The van der Waals surface area contributed by atoms with Gasteiger partial charge in [0.05, 0.1) is 0 Å². The maximum absolute atomic E-state index is 12.0. The molecule has 1 fully saturated rings. The second kappa shape index (κ2) is 4.85. The second-order valence-corrected chi connectivity index (χ2v) is 4.69. The normalized spacial score (nSPS) is 18.8. The van der Waals surface area contributed by atoms with Crippen LogP contribution in [0.5, 0.6) is 5.75 Å². The number of nitrogens with two attached hydrogens (primary N) is 1. The van der Waals surface area contributed by atoms with Crippen LogP contribution in [-0.4, -0.2) is 35.1 Å². The minimum atomic E-state index is -0.355. The van der Waals surface area contributed by atoms with Crippen molar-refractivity contribution in [3.63, 3.8) is 0 Å². The summed E-state index contributed by atoms with van der Waals surface area (Å²) in [5, 5.41) is 0.950. The highest BCUT2D eigenvalue weighted by Gasteiger charge is 2.25. The molecule has 1 saturated heterocycles. The molecule has 0 saturated carbocycles. The molecule has 1 aliphatic heterocycles. The second-order valence-electron chi connectivity index (χ2n) is 4.69. The largest absolute Gasteiger partial charge is 0.415 e. The van der Waals surface area contributed by atoms with E-state index in [0.29, 0.717) is 24.4 Å². The first-order valence-corrected chi connectivity index (χ1v) is 6.30. The smallest absolute Gasteiger partial charge is 0.408 e. The Morgan fingerprint density at radius 3 is 3.00 bits per heavy atom. The molecule has 0 aliphatic carbocycles. The summed E-state index contributed by atoms with van der Waals surface area (Å²) in [4.78, 5) is 17.9. The molecule has 0 bridgehead atoms. The number of nitrogens with zero attached hydrogens (tertiary/aromatic N) is 2. The lowest BCUT2D eigenvalue weighted by atomic mass is 10.2. The number of ether oxygens (including phenoxy) is 1. The topological polar surface area (TPSA) is 68.5 Å². The molecule has 1 aromatic heterocycles. The van der Waals surface area contributed by atoms with Gasteiger partial charge in [0.1, 0.15) is 5.52 Å². The van der Waals surface area contributed by atoms with Crippen LogP contribution in [0.2, 0.25) is 0 Å². The summed E-state index contributed by atoms with van der Waals surface area (Å²) in [5.74, 6) is 0.489. The lowest BCUT2D eigenvalue weighted by Crippen LogP contribution is -2.34.